The Kier molecular flexibility index (Phi) is 4.73. The lowest BCUT2D eigenvalue weighted by atomic mass is 9.98. The second kappa shape index (κ2) is 5.93. The van der Waals surface area contributed by atoms with Gasteiger partial charge in [0.25, 0.3) is 5.91 Å². The molecule has 0 spiro atoms. The number of rotatable bonds is 1. The molecule has 1 fully saturated rings. The molecule has 1 aromatic rings. The molecule has 1 aliphatic rings. The van der Waals surface area contributed by atoms with Gasteiger partial charge in [-0.2, -0.15) is 0 Å². The smallest absolute Gasteiger partial charge is 0.255 e. The minimum Gasteiger partial charge on any atom is -0.337 e. The molecule has 1 amide bonds. The summed E-state index contributed by atoms with van der Waals surface area (Å²) in [5.74, 6) is 0.524. The Bertz CT molecular complexity index is 466. The Morgan fingerprint density at radius 2 is 2.17 bits per heavy atom. The Hall–Kier alpha value is -0.0600. The number of likely N-dealkylation sites (tertiary alicyclic amines) is 1. The zero-order valence-electron chi connectivity index (χ0n) is 10.00. The second-order valence-corrected chi connectivity index (χ2v) is 6.99. The van der Waals surface area contributed by atoms with Crippen LogP contribution in [0.15, 0.2) is 27.1 Å². The highest BCUT2D eigenvalue weighted by molar-refractivity contribution is 9.11. The van der Waals surface area contributed by atoms with E-state index >= 15 is 0 Å². The summed E-state index contributed by atoms with van der Waals surface area (Å²) in [5.41, 5.74) is 0.691. The standard InChI is InChI=1S/C13H14Br2ClNO/c1-8-4-5-17(7-12(8)16)13(18)10-3-2-9(14)6-11(10)15/h2-3,6,8,12H,4-5,7H2,1H3. The van der Waals surface area contributed by atoms with E-state index in [0.717, 1.165) is 21.9 Å². The van der Waals surface area contributed by atoms with E-state index in [-0.39, 0.29) is 11.3 Å². The number of hydrogen-bond acceptors (Lipinski definition) is 1. The van der Waals surface area contributed by atoms with Crippen LogP contribution in [-0.4, -0.2) is 29.3 Å². The Labute approximate surface area is 129 Å². The second-order valence-electron chi connectivity index (χ2n) is 4.66. The van der Waals surface area contributed by atoms with E-state index in [9.17, 15) is 4.79 Å². The molecule has 5 heteroatoms. The Balaban J connectivity index is 2.16. The Morgan fingerprint density at radius 1 is 1.44 bits per heavy atom. The van der Waals surface area contributed by atoms with Gasteiger partial charge in [-0.05, 0) is 46.5 Å². The van der Waals surface area contributed by atoms with Crippen molar-refractivity contribution in [1.82, 2.24) is 4.90 Å². The van der Waals surface area contributed by atoms with Crippen LogP contribution in [0.4, 0.5) is 0 Å². The molecule has 1 aliphatic heterocycles. The van der Waals surface area contributed by atoms with Crippen molar-refractivity contribution in [2.75, 3.05) is 13.1 Å². The van der Waals surface area contributed by atoms with Gasteiger partial charge in [0, 0.05) is 22.0 Å². The van der Waals surface area contributed by atoms with Crippen molar-refractivity contribution in [3.05, 3.63) is 32.7 Å². The molecule has 0 aliphatic carbocycles. The summed E-state index contributed by atoms with van der Waals surface area (Å²) >= 11 is 13.1. The van der Waals surface area contributed by atoms with Crippen LogP contribution in [-0.2, 0) is 0 Å². The zero-order chi connectivity index (χ0) is 13.3. The molecule has 0 aromatic heterocycles. The molecule has 2 nitrogen and oxygen atoms in total. The normalized spacial score (nSPS) is 24.1. The number of halogens is 3. The number of piperidine rings is 1. The molecular formula is C13H14Br2ClNO. The summed E-state index contributed by atoms with van der Waals surface area (Å²) in [7, 11) is 0. The molecule has 1 aromatic carbocycles. The molecule has 0 bridgehead atoms. The number of hydrogen-bond donors (Lipinski definition) is 0. The minimum atomic E-state index is 0.0481. The van der Waals surface area contributed by atoms with Crippen LogP contribution in [0.1, 0.15) is 23.7 Å². The highest BCUT2D eigenvalue weighted by atomic mass is 79.9. The van der Waals surface area contributed by atoms with Gasteiger partial charge < -0.3 is 4.90 Å². The molecule has 18 heavy (non-hydrogen) atoms. The average molecular weight is 396 g/mol. The maximum atomic E-state index is 12.4. The fourth-order valence-corrected chi connectivity index (χ4v) is 3.55. The van der Waals surface area contributed by atoms with E-state index in [0.29, 0.717) is 18.0 Å². The van der Waals surface area contributed by atoms with Gasteiger partial charge in [0.15, 0.2) is 0 Å². The molecular weight excluding hydrogens is 381 g/mol. The molecule has 0 saturated carbocycles. The first kappa shape index (κ1) is 14.4. The largest absolute Gasteiger partial charge is 0.337 e. The van der Waals surface area contributed by atoms with Crippen molar-refractivity contribution >= 4 is 49.4 Å². The SMILES string of the molecule is CC1CCN(C(=O)c2ccc(Br)cc2Br)CC1Cl. The third-order valence-corrected chi connectivity index (χ3v) is 5.03. The van der Waals surface area contributed by atoms with E-state index in [1.807, 2.05) is 23.1 Å². The summed E-state index contributed by atoms with van der Waals surface area (Å²) in [6.07, 6.45) is 0.966. The van der Waals surface area contributed by atoms with Gasteiger partial charge in [-0.1, -0.05) is 22.9 Å². The maximum absolute atomic E-state index is 12.4. The number of amides is 1. The summed E-state index contributed by atoms with van der Waals surface area (Å²) in [5, 5.41) is 0.0527. The maximum Gasteiger partial charge on any atom is 0.255 e. The summed E-state index contributed by atoms with van der Waals surface area (Å²) in [6, 6.07) is 5.60. The van der Waals surface area contributed by atoms with E-state index in [2.05, 4.69) is 38.8 Å². The zero-order valence-corrected chi connectivity index (χ0v) is 13.9. The van der Waals surface area contributed by atoms with Gasteiger partial charge in [0.05, 0.1) is 10.9 Å². The van der Waals surface area contributed by atoms with Gasteiger partial charge in [0.1, 0.15) is 0 Å². The van der Waals surface area contributed by atoms with Crippen molar-refractivity contribution in [3.8, 4) is 0 Å². The molecule has 2 atom stereocenters. The summed E-state index contributed by atoms with van der Waals surface area (Å²) in [4.78, 5) is 14.2. The molecule has 2 unspecified atom stereocenters. The van der Waals surface area contributed by atoms with Crippen molar-refractivity contribution in [3.63, 3.8) is 0 Å². The third-order valence-electron chi connectivity index (χ3n) is 3.32. The Morgan fingerprint density at radius 3 is 2.78 bits per heavy atom. The number of benzene rings is 1. The topological polar surface area (TPSA) is 20.3 Å². The lowest BCUT2D eigenvalue weighted by Crippen LogP contribution is -2.43. The molecule has 2 rings (SSSR count). The van der Waals surface area contributed by atoms with Crippen molar-refractivity contribution in [2.24, 2.45) is 5.92 Å². The first-order valence-electron chi connectivity index (χ1n) is 5.87. The quantitative estimate of drug-likeness (QED) is 0.649. The van der Waals surface area contributed by atoms with E-state index in [1.54, 1.807) is 0 Å². The van der Waals surface area contributed by atoms with E-state index < -0.39 is 0 Å². The van der Waals surface area contributed by atoms with E-state index in [4.69, 9.17) is 11.6 Å². The van der Waals surface area contributed by atoms with Gasteiger partial charge >= 0.3 is 0 Å². The number of carbonyl (C=O) groups is 1. The van der Waals surface area contributed by atoms with Crippen LogP contribution < -0.4 is 0 Å². The monoisotopic (exact) mass is 393 g/mol. The van der Waals surface area contributed by atoms with Crippen molar-refractivity contribution < 1.29 is 4.79 Å². The predicted octanol–water partition coefficient (Wildman–Crippen LogP) is 4.30. The van der Waals surface area contributed by atoms with Gasteiger partial charge in [-0.15, -0.1) is 11.6 Å². The van der Waals surface area contributed by atoms with Crippen molar-refractivity contribution in [2.45, 2.75) is 18.7 Å². The number of alkyl halides is 1. The molecule has 1 heterocycles. The molecule has 0 N–H and O–H groups in total. The number of nitrogens with zero attached hydrogens (tertiary/aromatic N) is 1. The third kappa shape index (κ3) is 3.09. The van der Waals surface area contributed by atoms with Crippen LogP contribution in [0.25, 0.3) is 0 Å². The highest BCUT2D eigenvalue weighted by Gasteiger charge is 2.28. The summed E-state index contributed by atoms with van der Waals surface area (Å²) in [6.45, 7) is 3.55. The van der Waals surface area contributed by atoms with Crippen LogP contribution in [0, 0.1) is 5.92 Å². The van der Waals surface area contributed by atoms with Gasteiger partial charge in [-0.3, -0.25) is 4.79 Å². The van der Waals surface area contributed by atoms with Crippen molar-refractivity contribution in [1.29, 1.82) is 0 Å². The fraction of sp³-hybridized carbons (Fsp3) is 0.462. The molecule has 0 radical (unpaired) electrons. The molecule has 1 saturated heterocycles. The number of carbonyl (C=O) groups excluding carboxylic acids is 1. The summed E-state index contributed by atoms with van der Waals surface area (Å²) < 4.78 is 1.76. The van der Waals surface area contributed by atoms with E-state index in [1.165, 1.54) is 0 Å². The van der Waals surface area contributed by atoms with Gasteiger partial charge in [-0.25, -0.2) is 0 Å². The lowest BCUT2D eigenvalue weighted by molar-refractivity contribution is 0.0700. The predicted molar refractivity (Wildman–Crippen MR) is 81.2 cm³/mol. The average Bonchev–Trinajstić information content (AvgIpc) is 2.32. The highest BCUT2D eigenvalue weighted by Crippen LogP contribution is 2.27. The first-order valence-corrected chi connectivity index (χ1v) is 7.89. The van der Waals surface area contributed by atoms with Gasteiger partial charge in [0.2, 0.25) is 0 Å². The fourth-order valence-electron chi connectivity index (χ4n) is 2.04. The molecule has 98 valence electrons. The minimum absolute atomic E-state index is 0.0481. The lowest BCUT2D eigenvalue weighted by Gasteiger charge is -2.34. The van der Waals surface area contributed by atoms with Crippen LogP contribution in [0.5, 0.6) is 0 Å². The van der Waals surface area contributed by atoms with Crippen LogP contribution >= 0.6 is 43.5 Å². The van der Waals surface area contributed by atoms with Crippen LogP contribution in [0.2, 0.25) is 0 Å². The first-order chi connectivity index (χ1) is 8.49. The van der Waals surface area contributed by atoms with Crippen LogP contribution in [0.3, 0.4) is 0 Å².